The maximum absolute atomic E-state index is 11.4. The van der Waals surface area contributed by atoms with Gasteiger partial charge in [-0.15, -0.1) is 0 Å². The summed E-state index contributed by atoms with van der Waals surface area (Å²) in [4.78, 5) is 11.4. The lowest BCUT2D eigenvalue weighted by molar-refractivity contribution is 0.383. The van der Waals surface area contributed by atoms with Crippen LogP contribution in [0.25, 0.3) is 0 Å². The van der Waals surface area contributed by atoms with Gasteiger partial charge >= 0.3 is 0 Å². The largest absolute Gasteiger partial charge is 0.503 e. The van der Waals surface area contributed by atoms with E-state index in [1.807, 2.05) is 0 Å². The van der Waals surface area contributed by atoms with Crippen molar-refractivity contribution in [3.8, 4) is 11.6 Å². The lowest BCUT2D eigenvalue weighted by Crippen LogP contribution is -2.11. The molecule has 0 saturated carbocycles. The quantitative estimate of drug-likeness (QED) is 0.482. The second kappa shape index (κ2) is 12.0. The zero-order chi connectivity index (χ0) is 17.8. The maximum atomic E-state index is 11.4. The van der Waals surface area contributed by atoms with Gasteiger partial charge in [-0.2, -0.15) is 0 Å². The van der Waals surface area contributed by atoms with Gasteiger partial charge in [0, 0.05) is 12.6 Å². The van der Waals surface area contributed by atoms with Crippen LogP contribution in [-0.2, 0) is 6.54 Å². The number of nitrogens with zero attached hydrogens (tertiary/aromatic N) is 1. The van der Waals surface area contributed by atoms with Gasteiger partial charge < -0.3 is 14.8 Å². The van der Waals surface area contributed by atoms with E-state index < -0.39 is 5.43 Å². The van der Waals surface area contributed by atoms with E-state index in [9.17, 15) is 15.0 Å². The Morgan fingerprint density at radius 2 is 1.29 bits per heavy atom. The van der Waals surface area contributed by atoms with Gasteiger partial charge in [-0.3, -0.25) is 4.79 Å². The summed E-state index contributed by atoms with van der Waals surface area (Å²) in [6.07, 6.45) is 15.4. The summed E-state index contributed by atoms with van der Waals surface area (Å²) in [6.45, 7) is 4.56. The highest BCUT2D eigenvalue weighted by Gasteiger charge is 2.10. The first-order valence-electron chi connectivity index (χ1n) is 9.70. The Labute approximate surface area is 146 Å². The zero-order valence-electron chi connectivity index (χ0n) is 15.5. The predicted octanol–water partition coefficient (Wildman–Crippen LogP) is 5.27. The molecule has 4 heteroatoms. The third kappa shape index (κ3) is 7.41. The highest BCUT2D eigenvalue weighted by atomic mass is 16.3. The molecule has 0 radical (unpaired) electrons. The van der Waals surface area contributed by atoms with Crippen molar-refractivity contribution in [2.24, 2.45) is 0 Å². The Kier molecular flexibility index (Phi) is 10.3. The number of pyridine rings is 1. The fraction of sp³-hybridized carbons (Fsp3) is 0.750. The van der Waals surface area contributed by atoms with Crippen LogP contribution < -0.4 is 5.43 Å². The SMILES string of the molecule is CCCCCCCCCCCCCCn1c(O)cc(=O)c(O)c1C. The Hall–Kier alpha value is -1.45. The molecule has 0 unspecified atom stereocenters. The average molecular weight is 338 g/mol. The summed E-state index contributed by atoms with van der Waals surface area (Å²) in [5.41, 5.74) is -0.0704. The third-order valence-corrected chi connectivity index (χ3v) is 4.75. The zero-order valence-corrected chi connectivity index (χ0v) is 15.5. The van der Waals surface area contributed by atoms with Crippen LogP contribution in [-0.4, -0.2) is 14.8 Å². The Morgan fingerprint density at radius 3 is 1.79 bits per heavy atom. The molecule has 0 atom stereocenters. The van der Waals surface area contributed by atoms with Gasteiger partial charge in [-0.1, -0.05) is 77.6 Å². The first-order valence-corrected chi connectivity index (χ1v) is 9.70. The number of aromatic nitrogens is 1. The van der Waals surface area contributed by atoms with Crippen molar-refractivity contribution in [1.82, 2.24) is 4.57 Å². The summed E-state index contributed by atoms with van der Waals surface area (Å²) < 4.78 is 1.62. The van der Waals surface area contributed by atoms with E-state index in [0.29, 0.717) is 12.2 Å². The fourth-order valence-electron chi connectivity index (χ4n) is 3.13. The highest BCUT2D eigenvalue weighted by Crippen LogP contribution is 2.19. The monoisotopic (exact) mass is 337 g/mol. The minimum Gasteiger partial charge on any atom is -0.503 e. The molecule has 0 aliphatic heterocycles. The third-order valence-electron chi connectivity index (χ3n) is 4.75. The van der Waals surface area contributed by atoms with Gasteiger partial charge in [-0.05, 0) is 13.3 Å². The van der Waals surface area contributed by atoms with Crippen molar-refractivity contribution in [1.29, 1.82) is 0 Å². The molecule has 0 aliphatic rings. The van der Waals surface area contributed by atoms with E-state index in [0.717, 1.165) is 18.9 Å². The summed E-state index contributed by atoms with van der Waals surface area (Å²) in [5, 5.41) is 19.5. The van der Waals surface area contributed by atoms with Crippen LogP contribution in [0.1, 0.15) is 89.7 Å². The molecule has 0 amide bonds. The van der Waals surface area contributed by atoms with Crippen LogP contribution in [0, 0.1) is 6.92 Å². The van der Waals surface area contributed by atoms with E-state index in [4.69, 9.17) is 0 Å². The number of rotatable bonds is 13. The number of unbranched alkanes of at least 4 members (excludes halogenated alkanes) is 11. The number of hydrogen-bond acceptors (Lipinski definition) is 3. The highest BCUT2D eigenvalue weighted by molar-refractivity contribution is 5.30. The summed E-state index contributed by atoms with van der Waals surface area (Å²) in [6, 6.07) is 1.09. The Balaban J connectivity index is 2.07. The lowest BCUT2D eigenvalue weighted by Gasteiger charge is -2.13. The van der Waals surface area contributed by atoms with Crippen LogP contribution in [0.5, 0.6) is 11.6 Å². The molecule has 0 saturated heterocycles. The van der Waals surface area contributed by atoms with E-state index in [1.54, 1.807) is 11.5 Å². The van der Waals surface area contributed by atoms with Crippen molar-refractivity contribution >= 4 is 0 Å². The minimum atomic E-state index is -0.518. The van der Waals surface area contributed by atoms with Crippen molar-refractivity contribution in [2.75, 3.05) is 0 Å². The van der Waals surface area contributed by atoms with Crippen molar-refractivity contribution in [3.05, 3.63) is 22.0 Å². The van der Waals surface area contributed by atoms with Crippen LogP contribution in [0.4, 0.5) is 0 Å². The Morgan fingerprint density at radius 1 is 0.833 bits per heavy atom. The maximum Gasteiger partial charge on any atom is 0.227 e. The molecule has 4 nitrogen and oxygen atoms in total. The van der Waals surface area contributed by atoms with Crippen LogP contribution in [0.3, 0.4) is 0 Å². The second-order valence-corrected chi connectivity index (χ2v) is 6.84. The standard InChI is InChI=1S/C20H35NO3/c1-3-4-5-6-7-8-9-10-11-12-13-14-15-21-17(2)20(24)18(22)16-19(21)23/h16,23-24H,3-15H2,1-2H3. The topological polar surface area (TPSA) is 62.5 Å². The summed E-state index contributed by atoms with van der Waals surface area (Å²) >= 11 is 0. The van der Waals surface area contributed by atoms with Gasteiger partial charge in [0.15, 0.2) is 11.6 Å². The Bertz CT molecular complexity index is 522. The molecule has 1 heterocycles. The van der Waals surface area contributed by atoms with E-state index in [1.165, 1.54) is 64.2 Å². The van der Waals surface area contributed by atoms with Crippen molar-refractivity contribution < 1.29 is 10.2 Å². The molecule has 1 aromatic heterocycles. The number of hydrogen-bond donors (Lipinski definition) is 2. The summed E-state index contributed by atoms with van der Waals surface area (Å²) in [7, 11) is 0. The molecule has 24 heavy (non-hydrogen) atoms. The molecule has 138 valence electrons. The van der Waals surface area contributed by atoms with Crippen LogP contribution in [0.2, 0.25) is 0 Å². The molecule has 0 aliphatic carbocycles. The van der Waals surface area contributed by atoms with Gasteiger partial charge in [0.1, 0.15) is 0 Å². The van der Waals surface area contributed by atoms with E-state index in [2.05, 4.69) is 6.92 Å². The second-order valence-electron chi connectivity index (χ2n) is 6.84. The normalized spacial score (nSPS) is 11.1. The predicted molar refractivity (Wildman–Crippen MR) is 99.8 cm³/mol. The van der Waals surface area contributed by atoms with Crippen molar-refractivity contribution in [2.45, 2.75) is 97.4 Å². The molecule has 1 rings (SSSR count). The van der Waals surface area contributed by atoms with Crippen LogP contribution >= 0.6 is 0 Å². The number of aromatic hydroxyl groups is 2. The smallest absolute Gasteiger partial charge is 0.227 e. The molecule has 2 N–H and O–H groups in total. The van der Waals surface area contributed by atoms with Gasteiger partial charge in [0.05, 0.1) is 5.69 Å². The molecule has 0 aromatic carbocycles. The minimum absolute atomic E-state index is 0.0571. The molecular formula is C20H35NO3. The van der Waals surface area contributed by atoms with Gasteiger partial charge in [-0.25, -0.2) is 0 Å². The van der Waals surface area contributed by atoms with Gasteiger partial charge in [0.2, 0.25) is 5.43 Å². The first-order chi connectivity index (χ1) is 11.6. The molecule has 1 aromatic rings. The summed E-state index contributed by atoms with van der Waals surface area (Å²) in [5.74, 6) is -0.315. The molecule has 0 spiro atoms. The molecule has 0 bridgehead atoms. The molecular weight excluding hydrogens is 302 g/mol. The first kappa shape index (κ1) is 20.6. The lowest BCUT2D eigenvalue weighted by atomic mass is 10.1. The van der Waals surface area contributed by atoms with Crippen molar-refractivity contribution in [3.63, 3.8) is 0 Å². The average Bonchev–Trinajstić information content (AvgIpc) is 2.56. The van der Waals surface area contributed by atoms with Gasteiger partial charge in [0.25, 0.3) is 0 Å². The van der Waals surface area contributed by atoms with Crippen LogP contribution in [0.15, 0.2) is 10.9 Å². The molecule has 0 fully saturated rings. The van der Waals surface area contributed by atoms with E-state index >= 15 is 0 Å². The fourth-order valence-corrected chi connectivity index (χ4v) is 3.13. The van der Waals surface area contributed by atoms with E-state index in [-0.39, 0.29) is 11.6 Å².